The maximum Gasteiger partial charge on any atom is 0.261 e. The van der Waals surface area contributed by atoms with E-state index in [4.69, 9.17) is 16.3 Å². The highest BCUT2D eigenvalue weighted by atomic mass is 35.5. The van der Waals surface area contributed by atoms with E-state index in [0.29, 0.717) is 17.2 Å². The molecule has 0 unspecified atom stereocenters. The van der Waals surface area contributed by atoms with Gasteiger partial charge in [0.05, 0.1) is 0 Å². The van der Waals surface area contributed by atoms with E-state index in [-0.39, 0.29) is 30.4 Å². The molecular weight excluding hydrogens is 496 g/mol. The number of carbonyl (C=O) groups excluding carboxylic acids is 2. The summed E-state index contributed by atoms with van der Waals surface area (Å²) in [5.74, 6) is 0.167. The van der Waals surface area contributed by atoms with Crippen LogP contribution in [0.5, 0.6) is 5.75 Å². The van der Waals surface area contributed by atoms with Crippen molar-refractivity contribution in [3.63, 3.8) is 0 Å². The first kappa shape index (κ1) is 29.2. The first-order valence-corrected chi connectivity index (χ1v) is 13.3. The molecule has 1 atom stereocenters. The Bertz CT molecular complexity index is 1230. The predicted molar refractivity (Wildman–Crippen MR) is 154 cm³/mol. The van der Waals surface area contributed by atoms with Gasteiger partial charge in [0.25, 0.3) is 5.91 Å². The van der Waals surface area contributed by atoms with E-state index in [1.807, 2.05) is 93.6 Å². The van der Waals surface area contributed by atoms with Crippen LogP contribution in [-0.4, -0.2) is 34.9 Å². The molecule has 2 amide bonds. The van der Waals surface area contributed by atoms with E-state index in [1.165, 1.54) is 0 Å². The van der Waals surface area contributed by atoms with Crippen molar-refractivity contribution in [1.82, 2.24) is 10.2 Å². The summed E-state index contributed by atoms with van der Waals surface area (Å²) in [6.45, 7) is 12.1. The lowest BCUT2D eigenvalue weighted by atomic mass is 9.86. The molecule has 3 rings (SSSR count). The van der Waals surface area contributed by atoms with Gasteiger partial charge in [-0.3, -0.25) is 9.59 Å². The summed E-state index contributed by atoms with van der Waals surface area (Å²) in [5.41, 5.74) is 2.20. The summed E-state index contributed by atoms with van der Waals surface area (Å²) in [6.07, 6.45) is 0.369. The lowest BCUT2D eigenvalue weighted by molar-refractivity contribution is -0.143. The van der Waals surface area contributed by atoms with E-state index in [2.05, 4.69) is 26.1 Å². The molecule has 202 valence electrons. The van der Waals surface area contributed by atoms with Crippen LogP contribution < -0.4 is 10.1 Å². The van der Waals surface area contributed by atoms with Crippen LogP contribution in [0.25, 0.3) is 0 Å². The smallest absolute Gasteiger partial charge is 0.261 e. The molecule has 5 nitrogen and oxygen atoms in total. The van der Waals surface area contributed by atoms with Crippen molar-refractivity contribution in [1.29, 1.82) is 0 Å². The quantitative estimate of drug-likeness (QED) is 0.338. The maximum absolute atomic E-state index is 13.9. The van der Waals surface area contributed by atoms with Crippen molar-refractivity contribution in [2.24, 2.45) is 0 Å². The van der Waals surface area contributed by atoms with Crippen molar-refractivity contribution < 1.29 is 14.3 Å². The molecule has 0 heterocycles. The van der Waals surface area contributed by atoms with E-state index < -0.39 is 11.6 Å². The van der Waals surface area contributed by atoms with Crippen LogP contribution in [0, 0.1) is 0 Å². The zero-order valence-electron chi connectivity index (χ0n) is 23.3. The summed E-state index contributed by atoms with van der Waals surface area (Å²) < 4.78 is 6.10. The number of nitrogens with zero attached hydrogens (tertiary/aromatic N) is 1. The molecule has 3 aromatic rings. The van der Waals surface area contributed by atoms with E-state index in [1.54, 1.807) is 11.0 Å². The fourth-order valence-corrected chi connectivity index (χ4v) is 4.49. The van der Waals surface area contributed by atoms with Gasteiger partial charge in [0, 0.05) is 23.5 Å². The summed E-state index contributed by atoms with van der Waals surface area (Å²) >= 11 is 6.26. The summed E-state index contributed by atoms with van der Waals surface area (Å²) in [7, 11) is 0. The predicted octanol–water partition coefficient (Wildman–Crippen LogP) is 6.57. The molecule has 0 saturated heterocycles. The second kappa shape index (κ2) is 12.5. The highest BCUT2D eigenvalue weighted by molar-refractivity contribution is 6.30. The fourth-order valence-electron chi connectivity index (χ4n) is 4.27. The summed E-state index contributed by atoms with van der Waals surface area (Å²) in [5, 5.41) is 3.65. The van der Waals surface area contributed by atoms with Crippen molar-refractivity contribution >= 4 is 23.4 Å². The average Bonchev–Trinajstić information content (AvgIpc) is 2.84. The Morgan fingerprint density at radius 3 is 2.13 bits per heavy atom. The van der Waals surface area contributed by atoms with Crippen LogP contribution in [-0.2, 0) is 28.0 Å². The topological polar surface area (TPSA) is 58.6 Å². The average molecular weight is 535 g/mol. The lowest BCUT2D eigenvalue weighted by Gasteiger charge is -2.34. The molecule has 0 aliphatic heterocycles. The molecule has 0 aliphatic carbocycles. The number of benzene rings is 3. The Morgan fingerprint density at radius 2 is 1.50 bits per heavy atom. The van der Waals surface area contributed by atoms with Crippen molar-refractivity contribution in [2.45, 2.75) is 71.5 Å². The van der Waals surface area contributed by atoms with Gasteiger partial charge in [0.15, 0.2) is 6.61 Å². The van der Waals surface area contributed by atoms with Gasteiger partial charge in [0.2, 0.25) is 5.91 Å². The van der Waals surface area contributed by atoms with Gasteiger partial charge >= 0.3 is 0 Å². The molecule has 38 heavy (non-hydrogen) atoms. The minimum absolute atomic E-state index is 0.150. The highest BCUT2D eigenvalue weighted by Crippen LogP contribution is 2.31. The molecule has 0 radical (unpaired) electrons. The lowest BCUT2D eigenvalue weighted by Crippen LogP contribution is -2.55. The second-order valence-corrected chi connectivity index (χ2v) is 12.1. The first-order chi connectivity index (χ1) is 17.8. The first-order valence-electron chi connectivity index (χ1n) is 13.0. The fraction of sp³-hybridized carbons (Fsp3) is 0.375. The largest absolute Gasteiger partial charge is 0.483 e. The molecule has 0 aliphatic rings. The van der Waals surface area contributed by atoms with Gasteiger partial charge in [0.1, 0.15) is 11.8 Å². The number of nitrogens with one attached hydrogen (secondary N) is 1. The highest BCUT2D eigenvalue weighted by Gasteiger charge is 2.32. The molecule has 0 fully saturated rings. The molecule has 0 aromatic heterocycles. The van der Waals surface area contributed by atoms with E-state index in [9.17, 15) is 9.59 Å². The third-order valence-corrected chi connectivity index (χ3v) is 6.29. The molecule has 0 spiro atoms. The molecule has 1 N–H and O–H groups in total. The van der Waals surface area contributed by atoms with Gasteiger partial charge in [-0.05, 0) is 61.1 Å². The third kappa shape index (κ3) is 8.63. The van der Waals surface area contributed by atoms with Crippen molar-refractivity contribution in [2.75, 3.05) is 6.61 Å². The standard InChI is InChI=1S/C32H39ClN2O3/c1-31(2,3)26-17-10-11-18-28(26)38-22-29(36)35(21-24-15-12-16-25(33)19-24)27(30(37)34-32(4,5)6)20-23-13-8-7-9-14-23/h7-19,27H,20-22H2,1-6H3,(H,34,37)/t27-/m0/s1. The van der Waals surface area contributed by atoms with Crippen LogP contribution >= 0.6 is 11.6 Å². The Morgan fingerprint density at radius 1 is 0.868 bits per heavy atom. The number of hydrogen-bond donors (Lipinski definition) is 1. The normalized spacial score (nSPS) is 12.5. The Labute approximate surface area is 232 Å². The van der Waals surface area contributed by atoms with Crippen LogP contribution in [0.15, 0.2) is 78.9 Å². The Balaban J connectivity index is 1.96. The van der Waals surface area contributed by atoms with E-state index in [0.717, 1.165) is 16.7 Å². The van der Waals surface area contributed by atoms with Gasteiger partial charge in [-0.25, -0.2) is 0 Å². The summed E-state index contributed by atoms with van der Waals surface area (Å²) in [4.78, 5) is 29.1. The zero-order valence-corrected chi connectivity index (χ0v) is 24.0. The van der Waals surface area contributed by atoms with Gasteiger partial charge in [-0.15, -0.1) is 0 Å². The third-order valence-electron chi connectivity index (χ3n) is 6.06. The van der Waals surface area contributed by atoms with Gasteiger partial charge in [-0.1, -0.05) is 93.0 Å². The van der Waals surface area contributed by atoms with Crippen LogP contribution in [0.4, 0.5) is 0 Å². The SMILES string of the molecule is CC(C)(C)NC(=O)[C@H](Cc1ccccc1)N(Cc1cccc(Cl)c1)C(=O)COc1ccccc1C(C)(C)C. The number of para-hydroxylation sites is 1. The second-order valence-electron chi connectivity index (χ2n) is 11.6. The van der Waals surface area contributed by atoms with Gasteiger partial charge < -0.3 is 15.0 Å². The molecule has 0 bridgehead atoms. The number of hydrogen-bond acceptors (Lipinski definition) is 3. The van der Waals surface area contributed by atoms with Crippen molar-refractivity contribution in [3.8, 4) is 5.75 Å². The molecule has 0 saturated carbocycles. The minimum atomic E-state index is -0.746. The van der Waals surface area contributed by atoms with Crippen LogP contribution in [0.2, 0.25) is 5.02 Å². The zero-order chi connectivity index (χ0) is 27.9. The number of amides is 2. The maximum atomic E-state index is 13.9. The van der Waals surface area contributed by atoms with Crippen LogP contribution in [0.1, 0.15) is 58.2 Å². The van der Waals surface area contributed by atoms with Crippen molar-refractivity contribution in [3.05, 3.63) is 101 Å². The minimum Gasteiger partial charge on any atom is -0.483 e. The molecule has 3 aromatic carbocycles. The summed E-state index contributed by atoms with van der Waals surface area (Å²) in [6, 6.07) is 24.1. The van der Waals surface area contributed by atoms with Crippen LogP contribution in [0.3, 0.4) is 0 Å². The monoisotopic (exact) mass is 534 g/mol. The molecule has 6 heteroatoms. The number of halogens is 1. The number of rotatable bonds is 9. The van der Waals surface area contributed by atoms with E-state index >= 15 is 0 Å². The Hall–Kier alpha value is -3.31. The number of carbonyl (C=O) groups is 2. The number of ether oxygens (including phenoxy) is 1. The molecular formula is C32H39ClN2O3. The van der Waals surface area contributed by atoms with Gasteiger partial charge in [-0.2, -0.15) is 0 Å². The Kier molecular flexibility index (Phi) is 9.61.